The summed E-state index contributed by atoms with van der Waals surface area (Å²) in [7, 11) is 3.12. The SMILES string of the molecule is CN(C)C(=O)c1cnc2cc(C(F)(F)F)ccn12. The van der Waals surface area contributed by atoms with Crippen LogP contribution in [-0.4, -0.2) is 34.3 Å². The molecule has 0 radical (unpaired) electrons. The second kappa shape index (κ2) is 4.01. The van der Waals surface area contributed by atoms with Crippen LogP contribution in [0.4, 0.5) is 13.2 Å². The van der Waals surface area contributed by atoms with Crippen LogP contribution in [0.2, 0.25) is 0 Å². The molecule has 0 fully saturated rings. The number of carbonyl (C=O) groups is 1. The molecule has 18 heavy (non-hydrogen) atoms. The van der Waals surface area contributed by atoms with Crippen LogP contribution in [0.25, 0.3) is 5.65 Å². The van der Waals surface area contributed by atoms with Crippen molar-refractivity contribution in [3.05, 3.63) is 35.8 Å². The van der Waals surface area contributed by atoms with Crippen LogP contribution in [0.1, 0.15) is 16.1 Å². The first-order valence-corrected chi connectivity index (χ1v) is 5.06. The molecule has 0 aliphatic rings. The van der Waals surface area contributed by atoms with E-state index in [4.69, 9.17) is 0 Å². The molecular weight excluding hydrogens is 247 g/mol. The number of fused-ring (bicyclic) bond motifs is 1. The Kier molecular flexibility index (Phi) is 2.76. The zero-order valence-electron chi connectivity index (χ0n) is 9.69. The standard InChI is InChI=1S/C11H10F3N3O/c1-16(2)10(18)8-6-15-9-5-7(11(12,13)14)3-4-17(8)9/h3-6H,1-2H3. The second-order valence-electron chi connectivity index (χ2n) is 3.98. The minimum atomic E-state index is -4.42. The van der Waals surface area contributed by atoms with Crippen LogP contribution in [0.3, 0.4) is 0 Å². The number of alkyl halides is 3. The third-order valence-electron chi connectivity index (χ3n) is 2.47. The van der Waals surface area contributed by atoms with Gasteiger partial charge in [-0.05, 0) is 12.1 Å². The minimum absolute atomic E-state index is 0.0926. The predicted octanol–water partition coefficient (Wildman–Crippen LogP) is 2.05. The number of nitrogens with zero attached hydrogens (tertiary/aromatic N) is 3. The van der Waals surface area contributed by atoms with Crippen molar-refractivity contribution in [3.63, 3.8) is 0 Å². The van der Waals surface area contributed by atoms with Gasteiger partial charge in [0.25, 0.3) is 5.91 Å². The number of aromatic nitrogens is 2. The maximum Gasteiger partial charge on any atom is 0.416 e. The van der Waals surface area contributed by atoms with E-state index in [1.165, 1.54) is 21.7 Å². The molecule has 0 unspecified atom stereocenters. The van der Waals surface area contributed by atoms with E-state index in [1.54, 1.807) is 14.1 Å². The van der Waals surface area contributed by atoms with Crippen molar-refractivity contribution in [2.24, 2.45) is 0 Å². The van der Waals surface area contributed by atoms with Crippen molar-refractivity contribution in [2.75, 3.05) is 14.1 Å². The van der Waals surface area contributed by atoms with Gasteiger partial charge in [-0.1, -0.05) is 0 Å². The van der Waals surface area contributed by atoms with Crippen molar-refractivity contribution in [1.82, 2.24) is 14.3 Å². The molecule has 2 heterocycles. The molecule has 0 bridgehead atoms. The van der Waals surface area contributed by atoms with Gasteiger partial charge in [-0.3, -0.25) is 9.20 Å². The highest BCUT2D eigenvalue weighted by molar-refractivity contribution is 5.92. The predicted molar refractivity (Wildman–Crippen MR) is 58.2 cm³/mol. The zero-order chi connectivity index (χ0) is 13.5. The normalized spacial score (nSPS) is 11.8. The second-order valence-corrected chi connectivity index (χ2v) is 3.98. The lowest BCUT2D eigenvalue weighted by molar-refractivity contribution is -0.137. The number of imidazole rings is 1. The number of hydrogen-bond acceptors (Lipinski definition) is 2. The average molecular weight is 257 g/mol. The lowest BCUT2D eigenvalue weighted by Crippen LogP contribution is -2.23. The highest BCUT2D eigenvalue weighted by Gasteiger charge is 2.31. The van der Waals surface area contributed by atoms with Gasteiger partial charge in [-0.2, -0.15) is 13.2 Å². The average Bonchev–Trinajstić information content (AvgIpc) is 2.69. The van der Waals surface area contributed by atoms with Gasteiger partial charge < -0.3 is 4.90 Å². The molecule has 2 aromatic rings. The zero-order valence-corrected chi connectivity index (χ0v) is 9.69. The molecule has 0 atom stereocenters. The van der Waals surface area contributed by atoms with Crippen molar-refractivity contribution < 1.29 is 18.0 Å². The number of rotatable bonds is 1. The van der Waals surface area contributed by atoms with Gasteiger partial charge in [0.2, 0.25) is 0 Å². The van der Waals surface area contributed by atoms with Gasteiger partial charge in [0.1, 0.15) is 11.3 Å². The van der Waals surface area contributed by atoms with Crippen LogP contribution in [0.5, 0.6) is 0 Å². The van der Waals surface area contributed by atoms with Crippen molar-refractivity contribution >= 4 is 11.6 Å². The Morgan fingerprint density at radius 3 is 2.61 bits per heavy atom. The van der Waals surface area contributed by atoms with E-state index >= 15 is 0 Å². The first-order chi connectivity index (χ1) is 8.30. The topological polar surface area (TPSA) is 37.6 Å². The van der Waals surface area contributed by atoms with E-state index in [0.717, 1.165) is 12.1 Å². The number of pyridine rings is 1. The summed E-state index contributed by atoms with van der Waals surface area (Å²) in [6.45, 7) is 0. The summed E-state index contributed by atoms with van der Waals surface area (Å²) in [5, 5.41) is 0. The Hall–Kier alpha value is -2.05. The molecule has 7 heteroatoms. The van der Waals surface area contributed by atoms with Gasteiger partial charge in [0.15, 0.2) is 0 Å². The molecule has 4 nitrogen and oxygen atoms in total. The van der Waals surface area contributed by atoms with Gasteiger partial charge >= 0.3 is 6.18 Å². The maximum absolute atomic E-state index is 12.5. The van der Waals surface area contributed by atoms with E-state index in [-0.39, 0.29) is 17.2 Å². The van der Waals surface area contributed by atoms with Gasteiger partial charge in [0, 0.05) is 20.3 Å². The van der Waals surface area contributed by atoms with Crippen molar-refractivity contribution in [3.8, 4) is 0 Å². The van der Waals surface area contributed by atoms with Gasteiger partial charge in [-0.15, -0.1) is 0 Å². The lowest BCUT2D eigenvalue weighted by Gasteiger charge is -2.10. The molecule has 2 rings (SSSR count). The third kappa shape index (κ3) is 2.03. The molecule has 0 aromatic carbocycles. The van der Waals surface area contributed by atoms with Crippen molar-refractivity contribution in [1.29, 1.82) is 0 Å². The van der Waals surface area contributed by atoms with E-state index in [2.05, 4.69) is 4.98 Å². The Labute approximate surface area is 101 Å². The van der Waals surface area contributed by atoms with Crippen LogP contribution in [0.15, 0.2) is 24.5 Å². The van der Waals surface area contributed by atoms with E-state index in [0.29, 0.717) is 0 Å². The van der Waals surface area contributed by atoms with E-state index in [1.807, 2.05) is 0 Å². The molecule has 2 aromatic heterocycles. The fourth-order valence-corrected chi connectivity index (χ4v) is 1.54. The monoisotopic (exact) mass is 257 g/mol. The van der Waals surface area contributed by atoms with E-state index in [9.17, 15) is 18.0 Å². The highest BCUT2D eigenvalue weighted by Crippen LogP contribution is 2.29. The molecule has 1 amide bonds. The summed E-state index contributed by atoms with van der Waals surface area (Å²) in [4.78, 5) is 16.9. The fraction of sp³-hybridized carbons (Fsp3) is 0.273. The smallest absolute Gasteiger partial charge is 0.343 e. The Morgan fingerprint density at radius 2 is 2.06 bits per heavy atom. The summed E-state index contributed by atoms with van der Waals surface area (Å²) in [5.41, 5.74) is -0.469. The molecule has 0 spiro atoms. The van der Waals surface area contributed by atoms with Crippen LogP contribution in [0, 0.1) is 0 Å². The first kappa shape index (κ1) is 12.4. The first-order valence-electron chi connectivity index (χ1n) is 5.06. The van der Waals surface area contributed by atoms with Crippen LogP contribution >= 0.6 is 0 Å². The van der Waals surface area contributed by atoms with E-state index < -0.39 is 11.7 Å². The Balaban J connectivity index is 2.54. The van der Waals surface area contributed by atoms with Gasteiger partial charge in [-0.25, -0.2) is 4.98 Å². The third-order valence-corrected chi connectivity index (χ3v) is 2.47. The number of amides is 1. The molecule has 0 saturated heterocycles. The maximum atomic E-state index is 12.5. The number of carbonyl (C=O) groups excluding carboxylic acids is 1. The quantitative estimate of drug-likeness (QED) is 0.784. The molecule has 0 saturated carbocycles. The van der Waals surface area contributed by atoms with Gasteiger partial charge in [0.05, 0.1) is 11.8 Å². The van der Waals surface area contributed by atoms with Crippen LogP contribution in [-0.2, 0) is 6.18 Å². The Morgan fingerprint density at radius 1 is 1.39 bits per heavy atom. The number of halogens is 3. The molecule has 0 aliphatic heterocycles. The number of hydrogen-bond donors (Lipinski definition) is 0. The highest BCUT2D eigenvalue weighted by atomic mass is 19.4. The summed E-state index contributed by atoms with van der Waals surface area (Å²) in [6.07, 6.45) is -1.96. The lowest BCUT2D eigenvalue weighted by atomic mass is 10.2. The Bertz CT molecular complexity index is 601. The summed E-state index contributed by atoms with van der Waals surface area (Å²) in [5.74, 6) is -0.317. The largest absolute Gasteiger partial charge is 0.416 e. The van der Waals surface area contributed by atoms with Crippen LogP contribution < -0.4 is 0 Å². The minimum Gasteiger partial charge on any atom is -0.343 e. The summed E-state index contributed by atoms with van der Waals surface area (Å²) in [6, 6.07) is 1.83. The summed E-state index contributed by atoms with van der Waals surface area (Å²) >= 11 is 0. The molecule has 0 aliphatic carbocycles. The molecular formula is C11H10F3N3O. The summed E-state index contributed by atoms with van der Waals surface area (Å²) < 4.78 is 38.8. The molecule has 96 valence electrons. The fourth-order valence-electron chi connectivity index (χ4n) is 1.54. The van der Waals surface area contributed by atoms with Crippen molar-refractivity contribution in [2.45, 2.75) is 6.18 Å². The molecule has 0 N–H and O–H groups in total.